The second-order valence-electron chi connectivity index (χ2n) is 10.4. The highest BCUT2D eigenvalue weighted by Gasteiger charge is 2.18. The van der Waals surface area contributed by atoms with Crippen molar-refractivity contribution in [1.29, 1.82) is 5.26 Å². The van der Waals surface area contributed by atoms with Gasteiger partial charge < -0.3 is 10.1 Å². The number of amides is 1. The second kappa shape index (κ2) is 12.1. The molecule has 0 fully saturated rings. The molecule has 0 aliphatic carbocycles. The molecule has 0 bridgehead atoms. The summed E-state index contributed by atoms with van der Waals surface area (Å²) in [7, 11) is 1.60. The van der Waals surface area contributed by atoms with Gasteiger partial charge in [-0.15, -0.1) is 5.10 Å². The van der Waals surface area contributed by atoms with E-state index in [0.717, 1.165) is 39.3 Å². The van der Waals surface area contributed by atoms with Crippen molar-refractivity contribution in [2.75, 3.05) is 7.05 Å². The number of carbonyl (C=O) groups excluding carboxylic acids is 1. The number of nitrogens with zero attached hydrogens (tertiary/aromatic N) is 7. The van der Waals surface area contributed by atoms with E-state index in [-0.39, 0.29) is 12.5 Å². The van der Waals surface area contributed by atoms with Gasteiger partial charge in [0.15, 0.2) is 11.5 Å². The maximum atomic E-state index is 12.4. The molecule has 11 nitrogen and oxygen atoms in total. The van der Waals surface area contributed by atoms with E-state index < -0.39 is 0 Å². The smallest absolute Gasteiger partial charge is 0.251 e. The molecule has 0 aliphatic heterocycles. The number of H-pyrrole nitrogens is 1. The maximum Gasteiger partial charge on any atom is 0.251 e. The van der Waals surface area contributed by atoms with Gasteiger partial charge in [0, 0.05) is 35.6 Å². The third-order valence-corrected chi connectivity index (χ3v) is 7.56. The molecule has 2 N–H and O–H groups in total. The Bertz CT molecular complexity index is 2200. The number of nitrogens with one attached hydrogen (secondary N) is 2. The van der Waals surface area contributed by atoms with Crippen molar-refractivity contribution in [2.24, 2.45) is 0 Å². The van der Waals surface area contributed by atoms with Crippen LogP contribution in [0.4, 0.5) is 0 Å². The van der Waals surface area contributed by atoms with E-state index in [0.29, 0.717) is 33.9 Å². The molecule has 46 heavy (non-hydrogen) atoms. The number of imidazole rings is 1. The van der Waals surface area contributed by atoms with Crippen LogP contribution in [0.5, 0.6) is 5.75 Å². The van der Waals surface area contributed by atoms with Crippen LogP contribution >= 0.6 is 0 Å². The minimum Gasteiger partial charge on any atom is -0.489 e. The number of ether oxygens (including phenoxy) is 1. The van der Waals surface area contributed by atoms with Crippen LogP contribution in [-0.2, 0) is 6.61 Å². The number of carbonyl (C=O) groups is 1. The fourth-order valence-corrected chi connectivity index (χ4v) is 5.26. The number of benzene rings is 4. The minimum atomic E-state index is -0.183. The lowest BCUT2D eigenvalue weighted by Gasteiger charge is -2.14. The molecule has 0 radical (unpaired) electrons. The zero-order chi connectivity index (χ0) is 31.5. The van der Waals surface area contributed by atoms with E-state index in [1.54, 1.807) is 31.4 Å². The summed E-state index contributed by atoms with van der Waals surface area (Å²) in [5.41, 5.74) is 7.70. The van der Waals surface area contributed by atoms with Crippen LogP contribution in [-0.4, -0.2) is 48.1 Å². The predicted molar refractivity (Wildman–Crippen MR) is 172 cm³/mol. The van der Waals surface area contributed by atoms with Gasteiger partial charge in [-0.3, -0.25) is 9.36 Å². The van der Waals surface area contributed by atoms with Crippen LogP contribution in [0.3, 0.4) is 0 Å². The number of hydrogen-bond acceptors (Lipinski definition) is 8. The van der Waals surface area contributed by atoms with Gasteiger partial charge in [-0.25, -0.2) is 15.1 Å². The monoisotopic (exact) mass is 603 g/mol. The van der Waals surface area contributed by atoms with Gasteiger partial charge in [0.25, 0.3) is 5.91 Å². The Morgan fingerprint density at radius 2 is 1.72 bits per heavy atom. The first-order chi connectivity index (χ1) is 22.6. The standard InChI is InChI=1S/C35H25N9O2/c1-37-35(45)25-13-16-30(23-9-7-22(19-36)8-10-23)27(17-25)21-46-29-14-11-24(12-15-29)33-39-31-18-26(32-40-42-43-41-32)20-38-34(31)44(33)28-5-3-2-4-6-28/h2-18,20H,21H2,1H3,(H,37,45)(H,40,41,42,43). The highest BCUT2D eigenvalue weighted by atomic mass is 16.5. The van der Waals surface area contributed by atoms with E-state index in [9.17, 15) is 10.1 Å². The lowest BCUT2D eigenvalue weighted by Crippen LogP contribution is -2.18. The molecule has 7 rings (SSSR count). The number of aromatic amines is 1. The zero-order valence-electron chi connectivity index (χ0n) is 24.5. The normalized spacial score (nSPS) is 10.9. The molecule has 11 heteroatoms. The Kier molecular flexibility index (Phi) is 7.42. The predicted octanol–water partition coefficient (Wildman–Crippen LogP) is 5.74. The number of fused-ring (bicyclic) bond motifs is 1. The molecular weight excluding hydrogens is 578 g/mol. The Morgan fingerprint density at radius 1 is 0.935 bits per heavy atom. The van der Waals surface area contributed by atoms with Crippen molar-refractivity contribution in [1.82, 2.24) is 40.5 Å². The first kappa shape index (κ1) is 28.1. The quantitative estimate of drug-likeness (QED) is 0.223. The van der Waals surface area contributed by atoms with Gasteiger partial charge in [-0.2, -0.15) is 5.26 Å². The summed E-state index contributed by atoms with van der Waals surface area (Å²) in [4.78, 5) is 22.1. The molecule has 0 spiro atoms. The third kappa shape index (κ3) is 5.42. The summed E-state index contributed by atoms with van der Waals surface area (Å²) in [6, 6.07) is 34.5. The Balaban J connectivity index is 1.20. The average Bonchev–Trinajstić information content (AvgIpc) is 3.80. The van der Waals surface area contributed by atoms with Gasteiger partial charge >= 0.3 is 0 Å². The molecule has 222 valence electrons. The highest BCUT2D eigenvalue weighted by Crippen LogP contribution is 2.31. The molecule has 0 atom stereocenters. The van der Waals surface area contributed by atoms with Crippen LogP contribution < -0.4 is 10.1 Å². The summed E-state index contributed by atoms with van der Waals surface area (Å²) in [5.74, 6) is 1.70. The zero-order valence-corrected chi connectivity index (χ0v) is 24.5. The summed E-state index contributed by atoms with van der Waals surface area (Å²) in [5, 5.41) is 26.0. The van der Waals surface area contributed by atoms with Gasteiger partial charge in [0.05, 0.1) is 11.6 Å². The first-order valence-corrected chi connectivity index (χ1v) is 14.4. The average molecular weight is 604 g/mol. The number of para-hydroxylation sites is 1. The van der Waals surface area contributed by atoms with Crippen LogP contribution in [0.25, 0.3) is 50.8 Å². The molecule has 0 saturated carbocycles. The SMILES string of the molecule is CNC(=O)c1ccc(-c2ccc(C#N)cc2)c(COc2ccc(-c3nc4cc(-c5nnn[nH]5)cnc4n3-c3ccccc3)cc2)c1. The summed E-state index contributed by atoms with van der Waals surface area (Å²) in [6.07, 6.45) is 1.72. The van der Waals surface area contributed by atoms with Crippen LogP contribution in [0.2, 0.25) is 0 Å². The topological polar surface area (TPSA) is 147 Å². The lowest BCUT2D eigenvalue weighted by molar-refractivity contribution is 0.0963. The fourth-order valence-electron chi connectivity index (χ4n) is 5.26. The molecule has 0 saturated heterocycles. The maximum absolute atomic E-state index is 12.4. The fraction of sp³-hybridized carbons (Fsp3) is 0.0571. The highest BCUT2D eigenvalue weighted by molar-refractivity contribution is 5.95. The minimum absolute atomic E-state index is 0.183. The number of tetrazole rings is 1. The molecule has 0 unspecified atom stereocenters. The van der Waals surface area contributed by atoms with Gasteiger partial charge in [0.2, 0.25) is 0 Å². The van der Waals surface area contributed by atoms with Crippen molar-refractivity contribution < 1.29 is 9.53 Å². The van der Waals surface area contributed by atoms with Crippen molar-refractivity contribution in [3.8, 4) is 51.4 Å². The second-order valence-corrected chi connectivity index (χ2v) is 10.4. The molecule has 0 aliphatic rings. The Morgan fingerprint density at radius 3 is 2.43 bits per heavy atom. The molecular formula is C35H25N9O2. The molecule has 4 aromatic carbocycles. The van der Waals surface area contributed by atoms with Crippen molar-refractivity contribution >= 4 is 17.1 Å². The molecule has 1 amide bonds. The summed E-state index contributed by atoms with van der Waals surface area (Å²) < 4.78 is 8.26. The molecule has 7 aromatic rings. The van der Waals surface area contributed by atoms with Crippen molar-refractivity contribution in [3.63, 3.8) is 0 Å². The first-order valence-electron chi connectivity index (χ1n) is 14.4. The third-order valence-electron chi connectivity index (χ3n) is 7.56. The summed E-state index contributed by atoms with van der Waals surface area (Å²) in [6.45, 7) is 0.227. The van der Waals surface area contributed by atoms with E-state index in [2.05, 4.69) is 32.0 Å². The van der Waals surface area contributed by atoms with Crippen LogP contribution in [0.1, 0.15) is 21.5 Å². The molecule has 3 heterocycles. The number of rotatable bonds is 8. The largest absolute Gasteiger partial charge is 0.489 e. The number of aromatic nitrogens is 7. The van der Waals surface area contributed by atoms with Crippen molar-refractivity contribution in [3.05, 3.63) is 126 Å². The Labute approximate surface area is 263 Å². The van der Waals surface area contributed by atoms with Crippen molar-refractivity contribution in [2.45, 2.75) is 6.61 Å². The number of pyridine rings is 1. The number of nitriles is 1. The van der Waals surface area contributed by atoms with Gasteiger partial charge in [0.1, 0.15) is 23.7 Å². The van der Waals surface area contributed by atoms with E-state index in [1.165, 1.54) is 0 Å². The Hall–Kier alpha value is -6.67. The van der Waals surface area contributed by atoms with E-state index >= 15 is 0 Å². The lowest BCUT2D eigenvalue weighted by atomic mass is 9.97. The number of hydrogen-bond donors (Lipinski definition) is 2. The summed E-state index contributed by atoms with van der Waals surface area (Å²) >= 11 is 0. The van der Waals surface area contributed by atoms with Crippen LogP contribution in [0, 0.1) is 11.3 Å². The molecule has 3 aromatic heterocycles. The van der Waals surface area contributed by atoms with Crippen LogP contribution in [0.15, 0.2) is 109 Å². The van der Waals surface area contributed by atoms with Gasteiger partial charge in [-0.05, 0) is 93.8 Å². The van der Waals surface area contributed by atoms with E-state index in [1.807, 2.05) is 89.5 Å². The van der Waals surface area contributed by atoms with E-state index in [4.69, 9.17) is 14.7 Å². The van der Waals surface area contributed by atoms with Gasteiger partial charge in [-0.1, -0.05) is 36.4 Å².